The summed E-state index contributed by atoms with van der Waals surface area (Å²) in [5, 5.41) is 35.9. The van der Waals surface area contributed by atoms with Gasteiger partial charge in [0.2, 0.25) is 5.91 Å². The predicted molar refractivity (Wildman–Crippen MR) is 160 cm³/mol. The van der Waals surface area contributed by atoms with E-state index in [1.54, 1.807) is 16.4 Å². The number of fused-ring (bicyclic) bond motifs is 2. The van der Waals surface area contributed by atoms with Crippen LogP contribution in [0.2, 0.25) is 5.02 Å². The fourth-order valence-electron chi connectivity index (χ4n) is 6.79. The van der Waals surface area contributed by atoms with Gasteiger partial charge in [-0.2, -0.15) is 0 Å². The summed E-state index contributed by atoms with van der Waals surface area (Å²) in [5.74, 6) is -5.24. The minimum Gasteiger partial charge on any atom is -0.545 e. The molecule has 18 heteroatoms. The van der Waals surface area contributed by atoms with Crippen molar-refractivity contribution in [1.29, 1.82) is 0 Å². The zero-order chi connectivity index (χ0) is 33.2. The van der Waals surface area contributed by atoms with Crippen molar-refractivity contribution in [2.45, 2.75) is 57.3 Å². The van der Waals surface area contributed by atoms with Crippen LogP contribution in [0.3, 0.4) is 0 Å². The average Bonchev–Trinajstić information content (AvgIpc) is 3.67. The fourth-order valence-corrected chi connectivity index (χ4v) is 8.31. The Bertz CT molecular complexity index is 1770. The number of aromatic nitrogens is 1. The Morgan fingerprint density at radius 3 is 2.48 bits per heavy atom. The van der Waals surface area contributed by atoms with Gasteiger partial charge in [0.15, 0.2) is 5.43 Å². The van der Waals surface area contributed by atoms with Gasteiger partial charge in [0.1, 0.15) is 12.4 Å². The first kappa shape index (κ1) is 39.0. The van der Waals surface area contributed by atoms with Gasteiger partial charge in [-0.25, -0.2) is 9.18 Å². The van der Waals surface area contributed by atoms with Gasteiger partial charge in [-0.3, -0.25) is 9.59 Å². The summed E-state index contributed by atoms with van der Waals surface area (Å²) in [6.07, 6.45) is 1.49. The number of β-lactam (4-membered cyclic amide) rings is 1. The number of nitrogens with zero attached hydrogens (tertiary/aromatic N) is 3. The van der Waals surface area contributed by atoms with E-state index < -0.39 is 64.9 Å². The van der Waals surface area contributed by atoms with Crippen LogP contribution in [-0.4, -0.2) is 82.1 Å². The molecule has 3 fully saturated rings. The number of pyridine rings is 1. The maximum atomic E-state index is 15.4. The number of halogens is 2. The molecule has 5 atom stereocenters. The molecule has 1 unspecified atom stereocenters. The molecule has 2 amide bonds. The third kappa shape index (κ3) is 6.91. The minimum atomic E-state index is -1.65. The maximum absolute atomic E-state index is 15.4. The van der Waals surface area contributed by atoms with Crippen LogP contribution in [0.5, 0.6) is 0 Å². The van der Waals surface area contributed by atoms with Gasteiger partial charge in [0, 0.05) is 41.9 Å². The van der Waals surface area contributed by atoms with Crippen molar-refractivity contribution in [1.82, 2.24) is 14.8 Å². The number of ether oxygens (including phenoxy) is 1. The monoisotopic (exact) mass is 722 g/mol. The van der Waals surface area contributed by atoms with E-state index in [0.29, 0.717) is 17.9 Å². The Balaban J connectivity index is 0.00000260. The number of hydrogen-bond donors (Lipinski definition) is 2. The maximum Gasteiger partial charge on any atom is 1.00 e. The number of rotatable bonds is 10. The molecule has 246 valence electrons. The quantitative estimate of drug-likeness (QED) is 0.135. The molecule has 4 heterocycles. The number of hydrogen-bond acceptors (Lipinski definition) is 11. The number of anilines is 1. The van der Waals surface area contributed by atoms with Crippen LogP contribution in [0.15, 0.2) is 27.7 Å². The summed E-state index contributed by atoms with van der Waals surface area (Å²) in [7, 11) is 0. The summed E-state index contributed by atoms with van der Waals surface area (Å²) in [5.41, 5.74) is -1.37. The van der Waals surface area contributed by atoms with Crippen molar-refractivity contribution >= 4 is 63.9 Å². The topological polar surface area (TPSA) is 184 Å². The van der Waals surface area contributed by atoms with Crippen molar-refractivity contribution in [3.8, 4) is 0 Å². The average molecular weight is 723 g/mol. The van der Waals surface area contributed by atoms with E-state index in [2.05, 4.69) is 5.32 Å². The summed E-state index contributed by atoms with van der Waals surface area (Å²) in [6, 6.07) is 0.0205. The SMILES string of the molecule is C[C@@H]1C(SCCOC(=O)NC2CCN(c3c(F)cc4c(=O)c(C(=O)[O-])cn(C5CC5)c4c3Cl)C2)=C(C(=O)[O-])N2C(=O)[C@@H]([C@@H](C)O)[C@H]12.[Na+].[Na+]. The van der Waals surface area contributed by atoms with Gasteiger partial charge < -0.3 is 49.3 Å². The molecule has 48 heavy (non-hydrogen) atoms. The number of aliphatic hydroxyl groups excluding tert-OH is 1. The second-order valence-corrected chi connectivity index (χ2v) is 13.5. The van der Waals surface area contributed by atoms with Crippen molar-refractivity contribution in [2.24, 2.45) is 11.8 Å². The fraction of sp³-hybridized carbons (Fsp3) is 0.500. The zero-order valence-corrected chi connectivity index (χ0v) is 32.4. The van der Waals surface area contributed by atoms with Crippen molar-refractivity contribution in [2.75, 3.05) is 30.3 Å². The second-order valence-electron chi connectivity index (χ2n) is 12.0. The van der Waals surface area contributed by atoms with Gasteiger partial charge in [-0.05, 0) is 32.3 Å². The van der Waals surface area contributed by atoms with Crippen LogP contribution in [0.1, 0.15) is 49.5 Å². The van der Waals surface area contributed by atoms with Gasteiger partial charge >= 0.3 is 65.2 Å². The van der Waals surface area contributed by atoms with Gasteiger partial charge in [0.05, 0.1) is 68.9 Å². The Hall–Kier alpha value is -1.82. The molecule has 6 rings (SSSR count). The van der Waals surface area contributed by atoms with E-state index in [0.717, 1.165) is 30.7 Å². The number of aliphatic carboxylic acids is 1. The third-order valence-electron chi connectivity index (χ3n) is 9.05. The zero-order valence-electron chi connectivity index (χ0n) is 26.8. The Morgan fingerprint density at radius 1 is 1.19 bits per heavy atom. The molecular formula is C30H30ClFN4Na2O9S. The Morgan fingerprint density at radius 2 is 1.88 bits per heavy atom. The van der Waals surface area contributed by atoms with Crippen molar-refractivity contribution in [3.05, 3.63) is 49.5 Å². The van der Waals surface area contributed by atoms with Crippen molar-refractivity contribution in [3.63, 3.8) is 0 Å². The first-order valence-corrected chi connectivity index (χ1v) is 16.2. The number of carboxylic acids is 2. The van der Waals surface area contributed by atoms with Crippen molar-refractivity contribution < 1.29 is 103 Å². The summed E-state index contributed by atoms with van der Waals surface area (Å²) in [6.45, 7) is 3.71. The molecule has 13 nitrogen and oxygen atoms in total. The number of nitrogens with one attached hydrogen (secondary N) is 1. The van der Waals surface area contributed by atoms with E-state index in [1.165, 1.54) is 18.0 Å². The largest absolute Gasteiger partial charge is 1.00 e. The normalized spacial score (nSPS) is 23.6. The van der Waals surface area contributed by atoms with Crippen LogP contribution in [0.25, 0.3) is 10.9 Å². The van der Waals surface area contributed by atoms with Gasteiger partial charge in [-0.1, -0.05) is 18.5 Å². The molecule has 4 aliphatic rings. The Kier molecular flexibility index (Phi) is 12.3. The molecule has 1 saturated carbocycles. The van der Waals surface area contributed by atoms with Gasteiger partial charge in [-0.15, -0.1) is 11.8 Å². The van der Waals surface area contributed by atoms with E-state index in [1.807, 2.05) is 0 Å². The molecule has 1 aromatic carbocycles. The minimum absolute atomic E-state index is 0. The van der Waals surface area contributed by atoms with Gasteiger partial charge in [0.25, 0.3) is 0 Å². The number of alkyl carbamates (subject to hydrolysis) is 1. The molecule has 3 aliphatic heterocycles. The van der Waals surface area contributed by atoms with Crippen LogP contribution in [-0.2, 0) is 14.3 Å². The van der Waals surface area contributed by atoms with Crippen LogP contribution >= 0.6 is 23.4 Å². The number of carbonyl (C=O) groups is 4. The second kappa shape index (κ2) is 15.2. The molecule has 1 aliphatic carbocycles. The van der Waals surface area contributed by atoms with E-state index in [4.69, 9.17) is 16.3 Å². The predicted octanol–water partition coefficient (Wildman–Crippen LogP) is -5.64. The number of carboxylic acid groups (broad SMARTS) is 2. The standard InChI is InChI=1S/C30H32ClFN4O9S.2Na/c1-12-21-19(13(2)37)27(39)36(21)24(29(42)43)26(12)46-8-7-45-30(44)33-14-5-6-34(10-14)23-18(32)9-16-22(20(23)31)35(15-3-4-15)11-17(25(16)38)28(40)41;;/h9,11-15,19,21,37H,3-8,10H2,1-2H3,(H,33,44)(H,40,41)(H,42,43);;/q;2*+1/p-2/t12-,13+,14?,19-,21-;;/m0../s1. The third-order valence-corrected chi connectivity index (χ3v) is 10.7. The summed E-state index contributed by atoms with van der Waals surface area (Å²) < 4.78 is 22.3. The first-order chi connectivity index (χ1) is 21.8. The number of aliphatic hydroxyl groups is 1. The molecule has 0 spiro atoms. The number of amides is 2. The number of thioether (sulfide) groups is 1. The first-order valence-electron chi connectivity index (χ1n) is 14.9. The van der Waals surface area contributed by atoms with Crippen LogP contribution in [0, 0.1) is 17.7 Å². The van der Waals surface area contributed by atoms with E-state index in [9.17, 15) is 39.3 Å². The molecule has 2 saturated heterocycles. The van der Waals surface area contributed by atoms with Crippen LogP contribution < -0.4 is 85.0 Å². The van der Waals surface area contributed by atoms with Crippen LogP contribution in [0.4, 0.5) is 14.9 Å². The molecule has 2 aromatic rings. The Labute approximate surface area is 327 Å². The molecule has 2 N–H and O–H groups in total. The number of carbonyl (C=O) groups excluding carboxylic acids is 4. The molecule has 0 radical (unpaired) electrons. The molecule has 1 aromatic heterocycles. The molecular weight excluding hydrogens is 693 g/mol. The molecule has 0 bridgehead atoms. The summed E-state index contributed by atoms with van der Waals surface area (Å²) >= 11 is 7.84. The smallest absolute Gasteiger partial charge is 0.545 e. The summed E-state index contributed by atoms with van der Waals surface area (Å²) in [4.78, 5) is 64.4. The number of benzene rings is 1. The van der Waals surface area contributed by atoms with E-state index in [-0.39, 0.29) is 117 Å². The number of aromatic carboxylic acids is 1. The van der Waals surface area contributed by atoms with E-state index >= 15 is 4.39 Å².